The van der Waals surface area contributed by atoms with E-state index in [0.29, 0.717) is 6.54 Å². The summed E-state index contributed by atoms with van der Waals surface area (Å²) < 4.78 is 12.5. The van der Waals surface area contributed by atoms with Gasteiger partial charge in [-0.05, 0) is 19.1 Å². The first kappa shape index (κ1) is 10.0. The molecule has 2 aromatic heterocycles. The topological polar surface area (TPSA) is 37.8 Å². The van der Waals surface area contributed by atoms with E-state index < -0.39 is 5.95 Å². The molecule has 0 aromatic carbocycles. The molecule has 2 aromatic rings. The number of hydrogen-bond acceptors (Lipinski definition) is 4. The van der Waals surface area contributed by atoms with Gasteiger partial charge in [-0.15, -0.1) is 11.3 Å². The fourth-order valence-corrected chi connectivity index (χ4v) is 1.78. The summed E-state index contributed by atoms with van der Waals surface area (Å²) in [6.45, 7) is 2.60. The zero-order valence-corrected chi connectivity index (χ0v) is 9.01. The average molecular weight is 223 g/mol. The Morgan fingerprint density at radius 2 is 2.33 bits per heavy atom. The van der Waals surface area contributed by atoms with E-state index in [2.05, 4.69) is 15.3 Å². The Morgan fingerprint density at radius 3 is 2.93 bits per heavy atom. The van der Waals surface area contributed by atoms with Crippen LogP contribution in [0.4, 0.5) is 10.1 Å². The molecule has 5 heteroatoms. The zero-order chi connectivity index (χ0) is 10.7. The lowest BCUT2D eigenvalue weighted by molar-refractivity contribution is 0.584. The van der Waals surface area contributed by atoms with Gasteiger partial charge in [-0.2, -0.15) is 4.39 Å². The van der Waals surface area contributed by atoms with E-state index in [9.17, 15) is 4.39 Å². The van der Waals surface area contributed by atoms with Crippen LogP contribution in [0, 0.1) is 12.9 Å². The van der Waals surface area contributed by atoms with Gasteiger partial charge in [-0.3, -0.25) is 0 Å². The molecule has 0 amide bonds. The highest BCUT2D eigenvalue weighted by Gasteiger charge is 1.98. The Hall–Kier alpha value is -1.49. The lowest BCUT2D eigenvalue weighted by Crippen LogP contribution is -2.00. The standard InChI is InChI=1S/C10H10FN3S/c1-7-14-9(6-15-7)5-12-8-2-3-10(11)13-4-8/h2-4,6,12H,5H2,1H3. The monoisotopic (exact) mass is 223 g/mol. The molecule has 0 aliphatic heterocycles. The highest BCUT2D eigenvalue weighted by atomic mass is 32.1. The molecule has 0 unspecified atom stereocenters. The Balaban J connectivity index is 1.96. The minimum atomic E-state index is -0.468. The molecule has 0 aliphatic carbocycles. The maximum atomic E-state index is 12.5. The maximum Gasteiger partial charge on any atom is 0.212 e. The molecule has 78 valence electrons. The van der Waals surface area contributed by atoms with Crippen molar-refractivity contribution in [3.63, 3.8) is 0 Å². The van der Waals surface area contributed by atoms with Crippen molar-refractivity contribution in [1.82, 2.24) is 9.97 Å². The Morgan fingerprint density at radius 1 is 1.47 bits per heavy atom. The minimum absolute atomic E-state index is 0.468. The third kappa shape index (κ3) is 2.73. The number of nitrogens with zero attached hydrogens (tertiary/aromatic N) is 2. The van der Waals surface area contributed by atoms with Gasteiger partial charge in [-0.1, -0.05) is 0 Å². The first-order valence-electron chi connectivity index (χ1n) is 4.50. The van der Waals surface area contributed by atoms with Crippen LogP contribution in [-0.2, 0) is 6.54 Å². The molecular weight excluding hydrogens is 213 g/mol. The number of rotatable bonds is 3. The summed E-state index contributed by atoms with van der Waals surface area (Å²) in [4.78, 5) is 7.85. The van der Waals surface area contributed by atoms with Gasteiger partial charge in [0, 0.05) is 5.38 Å². The van der Waals surface area contributed by atoms with Gasteiger partial charge in [0.25, 0.3) is 0 Å². The summed E-state index contributed by atoms with van der Waals surface area (Å²) in [6, 6.07) is 2.98. The van der Waals surface area contributed by atoms with Crippen LogP contribution in [0.2, 0.25) is 0 Å². The molecule has 0 spiro atoms. The van der Waals surface area contributed by atoms with Gasteiger partial charge in [0.05, 0.1) is 29.1 Å². The summed E-state index contributed by atoms with van der Waals surface area (Å²) in [5, 5.41) is 6.16. The van der Waals surface area contributed by atoms with Crippen LogP contribution in [0.25, 0.3) is 0 Å². The normalized spacial score (nSPS) is 10.3. The number of aromatic nitrogens is 2. The summed E-state index contributed by atoms with van der Waals surface area (Å²) in [5.74, 6) is -0.468. The first-order valence-corrected chi connectivity index (χ1v) is 5.38. The number of anilines is 1. The van der Waals surface area contributed by atoms with E-state index >= 15 is 0 Å². The molecule has 0 bridgehead atoms. The average Bonchev–Trinajstić information content (AvgIpc) is 2.64. The van der Waals surface area contributed by atoms with Crippen LogP contribution in [0.5, 0.6) is 0 Å². The molecule has 0 aliphatic rings. The maximum absolute atomic E-state index is 12.5. The molecule has 2 rings (SSSR count). The van der Waals surface area contributed by atoms with Crippen LogP contribution in [0.1, 0.15) is 10.7 Å². The number of hydrogen-bond donors (Lipinski definition) is 1. The fourth-order valence-electron chi connectivity index (χ4n) is 1.16. The lowest BCUT2D eigenvalue weighted by Gasteiger charge is -2.02. The van der Waals surface area contributed by atoms with Gasteiger partial charge in [0.15, 0.2) is 0 Å². The first-order chi connectivity index (χ1) is 7.24. The van der Waals surface area contributed by atoms with Crippen LogP contribution in [0.3, 0.4) is 0 Å². The number of thiazole rings is 1. The third-order valence-electron chi connectivity index (χ3n) is 1.87. The molecule has 0 fully saturated rings. The Labute approximate surface area is 91.0 Å². The van der Waals surface area contributed by atoms with Crippen molar-refractivity contribution in [1.29, 1.82) is 0 Å². The zero-order valence-electron chi connectivity index (χ0n) is 8.20. The van der Waals surface area contributed by atoms with Crippen LogP contribution < -0.4 is 5.32 Å². The van der Waals surface area contributed by atoms with E-state index in [1.807, 2.05) is 12.3 Å². The molecule has 2 heterocycles. The van der Waals surface area contributed by atoms with E-state index in [1.165, 1.54) is 12.3 Å². The molecule has 1 N–H and O–H groups in total. The molecular formula is C10H10FN3S. The van der Waals surface area contributed by atoms with Crippen molar-refractivity contribution >= 4 is 17.0 Å². The largest absolute Gasteiger partial charge is 0.378 e. The molecule has 15 heavy (non-hydrogen) atoms. The van der Waals surface area contributed by atoms with E-state index in [1.54, 1.807) is 17.4 Å². The predicted octanol–water partition coefficient (Wildman–Crippen LogP) is 2.60. The van der Waals surface area contributed by atoms with Crippen molar-refractivity contribution in [2.45, 2.75) is 13.5 Å². The van der Waals surface area contributed by atoms with Crippen molar-refractivity contribution in [2.24, 2.45) is 0 Å². The summed E-state index contributed by atoms with van der Waals surface area (Å²) >= 11 is 1.62. The van der Waals surface area contributed by atoms with Gasteiger partial charge in [0.1, 0.15) is 0 Å². The fraction of sp³-hybridized carbons (Fsp3) is 0.200. The van der Waals surface area contributed by atoms with Crippen molar-refractivity contribution in [3.8, 4) is 0 Å². The van der Waals surface area contributed by atoms with E-state index in [4.69, 9.17) is 0 Å². The van der Waals surface area contributed by atoms with Crippen molar-refractivity contribution < 1.29 is 4.39 Å². The van der Waals surface area contributed by atoms with Gasteiger partial charge < -0.3 is 5.32 Å². The van der Waals surface area contributed by atoms with Crippen molar-refractivity contribution in [3.05, 3.63) is 40.4 Å². The van der Waals surface area contributed by atoms with Crippen LogP contribution >= 0.6 is 11.3 Å². The molecule has 3 nitrogen and oxygen atoms in total. The lowest BCUT2D eigenvalue weighted by atomic mass is 10.4. The molecule has 0 saturated heterocycles. The highest BCUT2D eigenvalue weighted by molar-refractivity contribution is 7.09. The summed E-state index contributed by atoms with van der Waals surface area (Å²) in [7, 11) is 0. The smallest absolute Gasteiger partial charge is 0.212 e. The second-order valence-electron chi connectivity index (χ2n) is 3.08. The van der Waals surface area contributed by atoms with Gasteiger partial charge in [0.2, 0.25) is 5.95 Å². The highest BCUT2D eigenvalue weighted by Crippen LogP contribution is 2.11. The number of halogens is 1. The molecule has 0 atom stereocenters. The van der Waals surface area contributed by atoms with E-state index in [0.717, 1.165) is 16.4 Å². The van der Waals surface area contributed by atoms with Crippen LogP contribution in [0.15, 0.2) is 23.7 Å². The molecule has 0 radical (unpaired) electrons. The van der Waals surface area contributed by atoms with Crippen molar-refractivity contribution in [2.75, 3.05) is 5.32 Å². The minimum Gasteiger partial charge on any atom is -0.378 e. The Bertz CT molecular complexity index is 438. The van der Waals surface area contributed by atoms with Gasteiger partial charge >= 0.3 is 0 Å². The number of pyridine rings is 1. The second-order valence-corrected chi connectivity index (χ2v) is 4.14. The predicted molar refractivity (Wildman–Crippen MR) is 58.4 cm³/mol. The van der Waals surface area contributed by atoms with Crippen LogP contribution in [-0.4, -0.2) is 9.97 Å². The Kier molecular flexibility index (Phi) is 2.91. The van der Waals surface area contributed by atoms with E-state index in [-0.39, 0.29) is 0 Å². The van der Waals surface area contributed by atoms with Gasteiger partial charge in [-0.25, -0.2) is 9.97 Å². The second kappa shape index (κ2) is 4.35. The molecule has 0 saturated carbocycles. The SMILES string of the molecule is Cc1nc(CNc2ccc(F)nc2)cs1. The quantitative estimate of drug-likeness (QED) is 0.813. The summed E-state index contributed by atoms with van der Waals surface area (Å²) in [5.41, 5.74) is 1.78. The number of nitrogens with one attached hydrogen (secondary N) is 1. The summed E-state index contributed by atoms with van der Waals surface area (Å²) in [6.07, 6.45) is 1.47. The number of aryl methyl sites for hydroxylation is 1. The third-order valence-corrected chi connectivity index (χ3v) is 2.69.